The first-order valence-corrected chi connectivity index (χ1v) is 9.26. The van der Waals surface area contributed by atoms with Crippen molar-refractivity contribution in [3.63, 3.8) is 0 Å². The zero-order chi connectivity index (χ0) is 13.1. The summed E-state index contributed by atoms with van der Waals surface area (Å²) in [6, 6.07) is 8.11. The molecule has 1 aromatic rings. The Morgan fingerprint density at radius 1 is 0.889 bits per heavy atom. The Morgan fingerprint density at radius 2 is 1.50 bits per heavy atom. The maximum Gasteiger partial charge on any atom is 0.0541 e. The van der Waals surface area contributed by atoms with Crippen LogP contribution in [0.2, 0.25) is 5.02 Å². The van der Waals surface area contributed by atoms with Crippen LogP contribution in [0, 0.1) is 0 Å². The molecule has 3 heteroatoms. The van der Waals surface area contributed by atoms with Crippen LogP contribution >= 0.6 is 39.3 Å². The molecule has 0 saturated carbocycles. The van der Waals surface area contributed by atoms with Gasteiger partial charge in [0.15, 0.2) is 0 Å². The molecule has 0 spiro atoms. The van der Waals surface area contributed by atoms with Gasteiger partial charge in [0.25, 0.3) is 0 Å². The highest BCUT2D eigenvalue weighted by atomic mass is 79.9. The summed E-state index contributed by atoms with van der Waals surface area (Å²) >= 11 is 11.5. The molecule has 0 bridgehead atoms. The Balaban J connectivity index is 1.94. The maximum absolute atomic E-state index is 6.11. The lowest BCUT2D eigenvalue weighted by Crippen LogP contribution is -1.84. The van der Waals surface area contributed by atoms with Gasteiger partial charge in [0.2, 0.25) is 0 Å². The number of thioether (sulfide) groups is 1. The van der Waals surface area contributed by atoms with Crippen LogP contribution in [0.5, 0.6) is 0 Å². The van der Waals surface area contributed by atoms with E-state index in [2.05, 4.69) is 28.1 Å². The molecule has 0 unspecified atom stereocenters. The van der Waals surface area contributed by atoms with E-state index in [-0.39, 0.29) is 0 Å². The van der Waals surface area contributed by atoms with Crippen LogP contribution in [-0.4, -0.2) is 11.1 Å². The fraction of sp³-hybridized carbons (Fsp3) is 0.600. The third-order valence-electron chi connectivity index (χ3n) is 2.87. The van der Waals surface area contributed by atoms with E-state index in [4.69, 9.17) is 11.6 Å². The van der Waals surface area contributed by atoms with E-state index in [0.29, 0.717) is 0 Å². The number of unbranched alkanes of at least 4 members (excludes halogenated alkanes) is 6. The van der Waals surface area contributed by atoms with E-state index >= 15 is 0 Å². The lowest BCUT2D eigenvalue weighted by atomic mass is 10.1. The zero-order valence-electron chi connectivity index (χ0n) is 10.8. The molecule has 0 N–H and O–H groups in total. The molecule has 18 heavy (non-hydrogen) atoms. The van der Waals surface area contributed by atoms with Gasteiger partial charge >= 0.3 is 0 Å². The molecule has 0 amide bonds. The van der Waals surface area contributed by atoms with E-state index in [0.717, 1.165) is 10.4 Å². The van der Waals surface area contributed by atoms with Crippen molar-refractivity contribution >= 4 is 39.3 Å². The summed E-state index contributed by atoms with van der Waals surface area (Å²) in [5, 5.41) is 2.04. The van der Waals surface area contributed by atoms with Crippen molar-refractivity contribution in [3.05, 3.63) is 29.3 Å². The van der Waals surface area contributed by atoms with Gasteiger partial charge in [-0.05, 0) is 30.7 Å². The minimum absolute atomic E-state index is 0.886. The largest absolute Gasteiger partial charge is 0.125 e. The second kappa shape index (κ2) is 11.2. The Morgan fingerprint density at radius 3 is 2.17 bits per heavy atom. The summed E-state index contributed by atoms with van der Waals surface area (Å²) in [7, 11) is 0. The summed E-state index contributed by atoms with van der Waals surface area (Å²) in [4.78, 5) is 1.22. The highest BCUT2D eigenvalue weighted by Crippen LogP contribution is 2.27. The second-order valence-corrected chi connectivity index (χ2v) is 6.78. The summed E-state index contributed by atoms with van der Waals surface area (Å²) in [5.74, 6) is 1.19. The molecule has 1 aromatic carbocycles. The van der Waals surface area contributed by atoms with E-state index < -0.39 is 0 Å². The van der Waals surface area contributed by atoms with Gasteiger partial charge in [-0.3, -0.25) is 0 Å². The summed E-state index contributed by atoms with van der Waals surface area (Å²) in [6.07, 6.45) is 9.51. The zero-order valence-corrected chi connectivity index (χ0v) is 14.0. The lowest BCUT2D eigenvalue weighted by molar-refractivity contribution is 0.606. The lowest BCUT2D eigenvalue weighted by Gasteiger charge is -2.04. The van der Waals surface area contributed by atoms with Crippen LogP contribution in [-0.2, 0) is 0 Å². The number of benzene rings is 1. The number of halogens is 2. The standard InChI is InChI=1S/C15H22BrClS/c16-12-8-4-2-1-3-5-9-13-18-15-11-7-6-10-14(15)17/h6-7,10-11H,1-5,8-9,12-13H2. The summed E-state index contributed by atoms with van der Waals surface area (Å²) < 4.78 is 0. The normalized spacial score (nSPS) is 10.8. The first-order chi connectivity index (χ1) is 8.84. The molecule has 0 nitrogen and oxygen atoms in total. The van der Waals surface area contributed by atoms with Crippen molar-refractivity contribution in [1.82, 2.24) is 0 Å². The minimum atomic E-state index is 0.886. The van der Waals surface area contributed by atoms with Crippen LogP contribution in [0.4, 0.5) is 0 Å². The van der Waals surface area contributed by atoms with Gasteiger partial charge in [-0.2, -0.15) is 0 Å². The van der Waals surface area contributed by atoms with Crippen molar-refractivity contribution in [2.45, 2.75) is 49.8 Å². The van der Waals surface area contributed by atoms with Gasteiger partial charge < -0.3 is 0 Å². The third kappa shape index (κ3) is 7.70. The van der Waals surface area contributed by atoms with Gasteiger partial charge in [0.05, 0.1) is 5.02 Å². The van der Waals surface area contributed by atoms with E-state index in [9.17, 15) is 0 Å². The molecule has 0 fully saturated rings. The van der Waals surface area contributed by atoms with Crippen molar-refractivity contribution in [2.24, 2.45) is 0 Å². The molecular formula is C15H22BrClS. The van der Waals surface area contributed by atoms with Crippen LogP contribution in [0.15, 0.2) is 29.2 Å². The molecule has 0 saturated heterocycles. The molecular weight excluding hydrogens is 328 g/mol. The average Bonchev–Trinajstić information content (AvgIpc) is 2.39. The molecule has 102 valence electrons. The fourth-order valence-electron chi connectivity index (χ4n) is 1.82. The van der Waals surface area contributed by atoms with Crippen molar-refractivity contribution in [2.75, 3.05) is 11.1 Å². The van der Waals surface area contributed by atoms with E-state index in [1.807, 2.05) is 23.9 Å². The SMILES string of the molecule is Clc1ccccc1SCCCCCCCCCBr. The Kier molecular flexibility index (Phi) is 10.2. The maximum atomic E-state index is 6.11. The predicted molar refractivity (Wildman–Crippen MR) is 88.3 cm³/mol. The first kappa shape index (κ1) is 16.4. The highest BCUT2D eigenvalue weighted by molar-refractivity contribution is 9.09. The van der Waals surface area contributed by atoms with Crippen LogP contribution in [0.1, 0.15) is 44.9 Å². The number of rotatable bonds is 10. The quantitative estimate of drug-likeness (QED) is 0.262. The van der Waals surface area contributed by atoms with Crippen molar-refractivity contribution < 1.29 is 0 Å². The molecule has 0 aliphatic carbocycles. The van der Waals surface area contributed by atoms with Gasteiger partial charge in [-0.1, -0.05) is 71.8 Å². The Hall–Kier alpha value is 0.340. The molecule has 0 aliphatic heterocycles. The average molecular weight is 350 g/mol. The molecule has 0 atom stereocenters. The predicted octanol–water partition coefficient (Wildman–Crippen LogP) is 6.56. The van der Waals surface area contributed by atoms with Gasteiger partial charge in [-0.15, -0.1) is 11.8 Å². The third-order valence-corrected chi connectivity index (χ3v) is 5.03. The smallest absolute Gasteiger partial charge is 0.0541 e. The number of alkyl halides is 1. The van der Waals surface area contributed by atoms with E-state index in [1.165, 1.54) is 55.6 Å². The second-order valence-electron chi connectivity index (χ2n) is 4.44. The molecule has 0 heterocycles. The van der Waals surface area contributed by atoms with Crippen LogP contribution in [0.25, 0.3) is 0 Å². The van der Waals surface area contributed by atoms with Crippen molar-refractivity contribution in [1.29, 1.82) is 0 Å². The Labute approximate surface area is 129 Å². The number of hydrogen-bond donors (Lipinski definition) is 0. The van der Waals surface area contributed by atoms with E-state index in [1.54, 1.807) is 0 Å². The Bertz CT molecular complexity index is 317. The van der Waals surface area contributed by atoms with Gasteiger partial charge in [0.1, 0.15) is 0 Å². The fourth-order valence-corrected chi connectivity index (χ4v) is 3.47. The monoisotopic (exact) mass is 348 g/mol. The highest BCUT2D eigenvalue weighted by Gasteiger charge is 1.99. The molecule has 0 aromatic heterocycles. The van der Waals surface area contributed by atoms with Gasteiger partial charge in [-0.25, -0.2) is 0 Å². The molecule has 1 rings (SSSR count). The van der Waals surface area contributed by atoms with Crippen LogP contribution < -0.4 is 0 Å². The first-order valence-electron chi connectivity index (χ1n) is 6.78. The summed E-state index contributed by atoms with van der Waals surface area (Å²) in [5.41, 5.74) is 0. The molecule has 0 aliphatic rings. The summed E-state index contributed by atoms with van der Waals surface area (Å²) in [6.45, 7) is 0. The van der Waals surface area contributed by atoms with Gasteiger partial charge in [0, 0.05) is 10.2 Å². The minimum Gasteiger partial charge on any atom is -0.125 e. The topological polar surface area (TPSA) is 0 Å². The van der Waals surface area contributed by atoms with Crippen molar-refractivity contribution in [3.8, 4) is 0 Å². The van der Waals surface area contributed by atoms with Crippen LogP contribution in [0.3, 0.4) is 0 Å². The molecule has 0 radical (unpaired) electrons. The number of hydrogen-bond acceptors (Lipinski definition) is 1.